The van der Waals surface area contributed by atoms with Crippen molar-refractivity contribution in [2.45, 2.75) is 53.5 Å². The van der Waals surface area contributed by atoms with Gasteiger partial charge in [0.2, 0.25) is 0 Å². The lowest BCUT2D eigenvalue weighted by Gasteiger charge is -2.42. The van der Waals surface area contributed by atoms with Gasteiger partial charge in [0, 0.05) is 6.42 Å². The summed E-state index contributed by atoms with van der Waals surface area (Å²) in [5, 5.41) is 3.03. The maximum atomic E-state index is 13.3. The Morgan fingerprint density at radius 1 is 1.07 bits per heavy atom. The largest absolute Gasteiger partial charge is 0.497 e. The molecule has 0 fully saturated rings. The first-order valence-corrected chi connectivity index (χ1v) is 9.77. The molecule has 0 bridgehead atoms. The van der Waals surface area contributed by atoms with Gasteiger partial charge in [0.05, 0.1) is 45.1 Å². The summed E-state index contributed by atoms with van der Waals surface area (Å²) in [4.78, 5) is 25.5. The van der Waals surface area contributed by atoms with E-state index < -0.39 is 5.97 Å². The Morgan fingerprint density at radius 2 is 1.67 bits per heavy atom. The molecule has 0 saturated carbocycles. The van der Waals surface area contributed by atoms with Crippen molar-refractivity contribution in [2.75, 3.05) is 39.2 Å². The number of rotatable bonds is 10. The molecule has 0 radical (unpaired) electrons. The van der Waals surface area contributed by atoms with E-state index in [1.54, 1.807) is 19.2 Å². The molecule has 152 valence electrons. The molecule has 27 heavy (non-hydrogen) atoms. The molecule has 1 aromatic carbocycles. The van der Waals surface area contributed by atoms with Crippen molar-refractivity contribution in [1.29, 1.82) is 0 Å². The van der Waals surface area contributed by atoms with Gasteiger partial charge in [-0.05, 0) is 51.8 Å². The SMILES string of the molecule is CCCC(C(=O)Nc1c(C)cc(OC)cc1C(=O)OC)[N+](CC)(CC)CC. The highest BCUT2D eigenvalue weighted by molar-refractivity contribution is 6.03. The van der Waals surface area contributed by atoms with Crippen LogP contribution in [-0.2, 0) is 9.53 Å². The van der Waals surface area contributed by atoms with Gasteiger partial charge < -0.3 is 19.3 Å². The Kier molecular flexibility index (Phi) is 8.76. The van der Waals surface area contributed by atoms with E-state index in [1.807, 2.05) is 6.92 Å². The molecule has 0 heterocycles. The van der Waals surface area contributed by atoms with E-state index in [2.05, 4.69) is 33.0 Å². The first-order valence-electron chi connectivity index (χ1n) is 9.77. The van der Waals surface area contributed by atoms with Crippen LogP contribution in [0.1, 0.15) is 56.5 Å². The van der Waals surface area contributed by atoms with Crippen LogP contribution in [0.15, 0.2) is 12.1 Å². The fraction of sp³-hybridized carbons (Fsp3) is 0.619. The molecule has 1 unspecified atom stereocenters. The first-order chi connectivity index (χ1) is 12.8. The van der Waals surface area contributed by atoms with Crippen molar-refractivity contribution in [2.24, 2.45) is 0 Å². The first kappa shape index (κ1) is 23.0. The normalized spacial score (nSPS) is 12.4. The third-order valence-electron chi connectivity index (χ3n) is 5.61. The van der Waals surface area contributed by atoms with Gasteiger partial charge in [0.25, 0.3) is 5.91 Å². The number of methoxy groups -OCH3 is 2. The number of nitrogens with zero attached hydrogens (tertiary/aromatic N) is 1. The molecule has 0 aliphatic carbocycles. The molecule has 1 amide bonds. The number of carbonyl (C=O) groups is 2. The maximum absolute atomic E-state index is 13.3. The van der Waals surface area contributed by atoms with E-state index in [-0.39, 0.29) is 11.9 Å². The van der Waals surface area contributed by atoms with Crippen LogP contribution in [0.25, 0.3) is 0 Å². The Balaban J connectivity index is 3.35. The van der Waals surface area contributed by atoms with Gasteiger partial charge in [-0.25, -0.2) is 4.79 Å². The van der Waals surface area contributed by atoms with E-state index in [9.17, 15) is 9.59 Å². The zero-order valence-corrected chi connectivity index (χ0v) is 17.8. The highest BCUT2D eigenvalue weighted by Gasteiger charge is 2.38. The number of esters is 1. The van der Waals surface area contributed by atoms with Crippen molar-refractivity contribution in [3.05, 3.63) is 23.3 Å². The van der Waals surface area contributed by atoms with Crippen molar-refractivity contribution in [1.82, 2.24) is 0 Å². The summed E-state index contributed by atoms with van der Waals surface area (Å²) in [5.74, 6) is -0.000742. The van der Waals surface area contributed by atoms with Crippen LogP contribution in [0.2, 0.25) is 0 Å². The highest BCUT2D eigenvalue weighted by atomic mass is 16.5. The summed E-state index contributed by atoms with van der Waals surface area (Å²) < 4.78 is 10.9. The lowest BCUT2D eigenvalue weighted by Crippen LogP contribution is -2.59. The monoisotopic (exact) mass is 379 g/mol. The average Bonchev–Trinajstić information content (AvgIpc) is 2.69. The van der Waals surface area contributed by atoms with Crippen LogP contribution >= 0.6 is 0 Å². The molecule has 1 atom stereocenters. The van der Waals surface area contributed by atoms with E-state index >= 15 is 0 Å². The van der Waals surface area contributed by atoms with Crippen LogP contribution < -0.4 is 10.1 Å². The molecule has 6 heteroatoms. The Bertz CT molecular complexity index is 646. The molecule has 1 N–H and O–H groups in total. The number of quaternary nitrogens is 1. The fourth-order valence-corrected chi connectivity index (χ4v) is 3.77. The molecule has 0 saturated heterocycles. The topological polar surface area (TPSA) is 64.6 Å². The van der Waals surface area contributed by atoms with Crippen LogP contribution in [0.3, 0.4) is 0 Å². The zero-order chi connectivity index (χ0) is 20.6. The van der Waals surface area contributed by atoms with Gasteiger partial charge in [0.15, 0.2) is 6.04 Å². The third-order valence-corrected chi connectivity index (χ3v) is 5.61. The second kappa shape index (κ2) is 10.3. The summed E-state index contributed by atoms with van der Waals surface area (Å²) >= 11 is 0. The standard InChI is InChI=1S/C21H34N2O4/c1-8-12-18(23(9-2,10-3)11-4)20(24)22-19-15(5)13-16(26-6)14-17(19)21(25)27-7/h13-14,18H,8-12H2,1-7H3/p+1. The van der Waals surface area contributed by atoms with Crippen molar-refractivity contribution in [3.8, 4) is 5.75 Å². The number of amides is 1. The summed E-state index contributed by atoms with van der Waals surface area (Å²) in [5.41, 5.74) is 1.57. The summed E-state index contributed by atoms with van der Waals surface area (Å²) in [6.45, 7) is 13.0. The van der Waals surface area contributed by atoms with Crippen LogP contribution in [-0.4, -0.2) is 56.3 Å². The Hall–Kier alpha value is -2.08. The molecule has 0 aliphatic rings. The minimum absolute atomic E-state index is 0.0548. The van der Waals surface area contributed by atoms with Crippen molar-refractivity contribution in [3.63, 3.8) is 0 Å². The molecular weight excluding hydrogens is 344 g/mol. The lowest BCUT2D eigenvalue weighted by atomic mass is 10.0. The van der Waals surface area contributed by atoms with E-state index in [0.717, 1.165) is 42.5 Å². The second-order valence-electron chi connectivity index (χ2n) is 6.82. The minimum atomic E-state index is -0.499. The average molecular weight is 380 g/mol. The van der Waals surface area contributed by atoms with Gasteiger partial charge in [-0.1, -0.05) is 6.92 Å². The number of hydrogen-bond acceptors (Lipinski definition) is 4. The van der Waals surface area contributed by atoms with Gasteiger partial charge in [-0.15, -0.1) is 0 Å². The molecule has 1 rings (SSSR count). The number of carbonyl (C=O) groups excluding carboxylic acids is 2. The van der Waals surface area contributed by atoms with E-state index in [4.69, 9.17) is 9.47 Å². The Labute approximate surface area is 163 Å². The summed E-state index contributed by atoms with van der Waals surface area (Å²) in [6.07, 6.45) is 1.72. The highest BCUT2D eigenvalue weighted by Crippen LogP contribution is 2.29. The number of nitrogens with one attached hydrogen (secondary N) is 1. The van der Waals surface area contributed by atoms with Gasteiger partial charge in [-0.2, -0.15) is 0 Å². The second-order valence-corrected chi connectivity index (χ2v) is 6.82. The fourth-order valence-electron chi connectivity index (χ4n) is 3.77. The molecule has 0 spiro atoms. The zero-order valence-electron chi connectivity index (χ0n) is 17.8. The van der Waals surface area contributed by atoms with Crippen LogP contribution in [0, 0.1) is 6.92 Å². The van der Waals surface area contributed by atoms with Gasteiger partial charge in [-0.3, -0.25) is 4.79 Å². The summed E-state index contributed by atoms with van der Waals surface area (Å²) in [6, 6.07) is 3.24. The summed E-state index contributed by atoms with van der Waals surface area (Å²) in [7, 11) is 2.87. The molecule has 0 aromatic heterocycles. The number of aryl methyl sites for hydroxylation is 1. The van der Waals surface area contributed by atoms with Crippen molar-refractivity contribution < 1.29 is 23.5 Å². The Morgan fingerprint density at radius 3 is 2.11 bits per heavy atom. The van der Waals surface area contributed by atoms with Crippen LogP contribution in [0.4, 0.5) is 5.69 Å². The van der Waals surface area contributed by atoms with Crippen LogP contribution in [0.5, 0.6) is 5.75 Å². The van der Waals surface area contributed by atoms with Crippen molar-refractivity contribution >= 4 is 17.6 Å². The molecule has 6 nitrogen and oxygen atoms in total. The maximum Gasteiger partial charge on any atom is 0.340 e. The van der Waals surface area contributed by atoms with E-state index in [0.29, 0.717) is 17.0 Å². The quantitative estimate of drug-likeness (QED) is 0.496. The molecule has 0 aliphatic heterocycles. The number of anilines is 1. The van der Waals surface area contributed by atoms with Gasteiger partial charge in [0.1, 0.15) is 5.75 Å². The van der Waals surface area contributed by atoms with E-state index in [1.165, 1.54) is 7.11 Å². The smallest absolute Gasteiger partial charge is 0.340 e. The third kappa shape index (κ3) is 5.01. The molecule has 1 aromatic rings. The molecular formula is C21H35N2O4+. The predicted molar refractivity (Wildman–Crippen MR) is 108 cm³/mol. The van der Waals surface area contributed by atoms with Gasteiger partial charge >= 0.3 is 5.97 Å². The number of ether oxygens (including phenoxy) is 2. The number of hydrogen-bond donors (Lipinski definition) is 1. The predicted octanol–water partition coefficient (Wildman–Crippen LogP) is 3.77. The number of benzene rings is 1. The number of likely N-dealkylation sites (N-methyl/N-ethyl adjacent to an activating group) is 1. The lowest BCUT2D eigenvalue weighted by molar-refractivity contribution is -0.938. The minimum Gasteiger partial charge on any atom is -0.497 e.